The van der Waals surface area contributed by atoms with E-state index >= 15 is 0 Å². The van der Waals surface area contributed by atoms with Gasteiger partial charge in [0.2, 0.25) is 0 Å². The Morgan fingerprint density at radius 2 is 2.40 bits per heavy atom. The van der Waals surface area contributed by atoms with Gasteiger partial charge in [0.1, 0.15) is 5.75 Å². The first-order valence-corrected chi connectivity index (χ1v) is 7.43. The van der Waals surface area contributed by atoms with E-state index in [-0.39, 0.29) is 5.91 Å². The summed E-state index contributed by atoms with van der Waals surface area (Å²) >= 11 is 0. The summed E-state index contributed by atoms with van der Waals surface area (Å²) in [6, 6.07) is 8.21. The number of benzene rings is 1. The van der Waals surface area contributed by atoms with Crippen molar-refractivity contribution in [3.05, 3.63) is 29.8 Å². The molecule has 1 saturated heterocycles. The van der Waals surface area contributed by atoms with Crippen molar-refractivity contribution in [2.75, 3.05) is 13.1 Å². The molecule has 0 saturated carbocycles. The lowest BCUT2D eigenvalue weighted by Gasteiger charge is -2.19. The third-order valence-electron chi connectivity index (χ3n) is 3.62. The van der Waals surface area contributed by atoms with Crippen LogP contribution < -0.4 is 15.4 Å². The molecule has 0 spiro atoms. The molecule has 2 N–H and O–H groups in total. The summed E-state index contributed by atoms with van der Waals surface area (Å²) in [5, 5.41) is 6.35. The van der Waals surface area contributed by atoms with Crippen LogP contribution in [0.4, 0.5) is 0 Å². The number of ether oxygens (including phenoxy) is 1. The molecule has 1 heterocycles. The van der Waals surface area contributed by atoms with E-state index in [1.807, 2.05) is 38.1 Å². The number of aryl methyl sites for hydroxylation is 1. The standard InChI is InChI=1S/C16H24N2O2/c1-3-15(20-14-8-4-6-12(2)10-14)16(19)18-11-13-7-5-9-17-13/h4,6,8,10,13,15,17H,3,5,7,9,11H2,1-2H3,(H,18,19). The summed E-state index contributed by atoms with van der Waals surface area (Å²) in [5.74, 6) is 0.730. The zero-order valence-electron chi connectivity index (χ0n) is 12.3. The highest BCUT2D eigenvalue weighted by Crippen LogP contribution is 2.15. The molecule has 4 heteroatoms. The van der Waals surface area contributed by atoms with E-state index in [1.54, 1.807) is 0 Å². The van der Waals surface area contributed by atoms with Crippen molar-refractivity contribution in [3.8, 4) is 5.75 Å². The van der Waals surface area contributed by atoms with E-state index in [2.05, 4.69) is 10.6 Å². The van der Waals surface area contributed by atoms with Crippen LogP contribution >= 0.6 is 0 Å². The van der Waals surface area contributed by atoms with E-state index in [1.165, 1.54) is 6.42 Å². The molecule has 2 unspecified atom stereocenters. The van der Waals surface area contributed by atoms with Gasteiger partial charge in [0.15, 0.2) is 6.10 Å². The van der Waals surface area contributed by atoms with Crippen LogP contribution in [0.1, 0.15) is 31.7 Å². The van der Waals surface area contributed by atoms with Crippen molar-refractivity contribution in [1.82, 2.24) is 10.6 Å². The molecule has 2 atom stereocenters. The van der Waals surface area contributed by atoms with Crippen LogP contribution in [0.5, 0.6) is 5.75 Å². The average Bonchev–Trinajstić information content (AvgIpc) is 2.95. The topological polar surface area (TPSA) is 50.4 Å². The van der Waals surface area contributed by atoms with Crippen LogP contribution in [0.25, 0.3) is 0 Å². The molecule has 0 aliphatic carbocycles. The molecule has 110 valence electrons. The maximum atomic E-state index is 12.2. The van der Waals surface area contributed by atoms with Gasteiger partial charge >= 0.3 is 0 Å². The molecule has 1 aromatic carbocycles. The zero-order chi connectivity index (χ0) is 14.4. The lowest BCUT2D eigenvalue weighted by atomic mass is 10.2. The minimum atomic E-state index is -0.418. The second-order valence-electron chi connectivity index (χ2n) is 5.37. The highest BCUT2D eigenvalue weighted by molar-refractivity contribution is 5.81. The Bertz CT molecular complexity index is 442. The highest BCUT2D eigenvalue weighted by atomic mass is 16.5. The SMILES string of the molecule is CCC(Oc1cccc(C)c1)C(=O)NCC1CCCN1. The van der Waals surface area contributed by atoms with Crippen LogP contribution in [-0.4, -0.2) is 31.1 Å². The predicted molar refractivity (Wildman–Crippen MR) is 79.9 cm³/mol. The van der Waals surface area contributed by atoms with E-state index in [4.69, 9.17) is 4.74 Å². The highest BCUT2D eigenvalue weighted by Gasteiger charge is 2.20. The number of carbonyl (C=O) groups excluding carboxylic acids is 1. The molecule has 0 bridgehead atoms. The fourth-order valence-electron chi connectivity index (χ4n) is 2.44. The average molecular weight is 276 g/mol. The van der Waals surface area contributed by atoms with Gasteiger partial charge in [-0.1, -0.05) is 19.1 Å². The summed E-state index contributed by atoms with van der Waals surface area (Å²) in [5.41, 5.74) is 1.13. The first kappa shape index (κ1) is 14.9. The number of hydrogen-bond acceptors (Lipinski definition) is 3. The van der Waals surface area contributed by atoms with Crippen molar-refractivity contribution >= 4 is 5.91 Å². The molecule has 0 aromatic heterocycles. The van der Waals surface area contributed by atoms with E-state index in [0.717, 1.165) is 24.3 Å². The van der Waals surface area contributed by atoms with Crippen LogP contribution in [0.15, 0.2) is 24.3 Å². The molecule has 2 rings (SSSR count). The Morgan fingerprint density at radius 1 is 1.55 bits per heavy atom. The normalized spacial score (nSPS) is 19.6. The van der Waals surface area contributed by atoms with Crippen LogP contribution in [0.3, 0.4) is 0 Å². The summed E-state index contributed by atoms with van der Waals surface area (Å²) in [7, 11) is 0. The number of hydrogen-bond donors (Lipinski definition) is 2. The third kappa shape index (κ3) is 4.23. The lowest BCUT2D eigenvalue weighted by molar-refractivity contribution is -0.128. The molecule has 1 aliphatic rings. The molecule has 1 aromatic rings. The number of rotatable bonds is 6. The Hall–Kier alpha value is -1.55. The monoisotopic (exact) mass is 276 g/mol. The van der Waals surface area contributed by atoms with Crippen LogP contribution in [0.2, 0.25) is 0 Å². The van der Waals surface area contributed by atoms with Crippen LogP contribution in [-0.2, 0) is 4.79 Å². The molecule has 1 aliphatic heterocycles. The Morgan fingerprint density at radius 3 is 3.05 bits per heavy atom. The van der Waals surface area contributed by atoms with Crippen molar-refractivity contribution in [1.29, 1.82) is 0 Å². The number of amides is 1. The minimum Gasteiger partial charge on any atom is -0.481 e. The quantitative estimate of drug-likeness (QED) is 0.836. The first-order valence-electron chi connectivity index (χ1n) is 7.43. The summed E-state index contributed by atoms with van der Waals surface area (Å²) in [6.45, 7) is 5.72. The van der Waals surface area contributed by atoms with Crippen molar-refractivity contribution < 1.29 is 9.53 Å². The lowest BCUT2D eigenvalue weighted by Crippen LogP contribution is -2.43. The van der Waals surface area contributed by atoms with Gasteiger partial charge in [0.25, 0.3) is 5.91 Å². The fraction of sp³-hybridized carbons (Fsp3) is 0.562. The Kier molecular flexibility index (Phi) is 5.41. The van der Waals surface area contributed by atoms with E-state index in [9.17, 15) is 4.79 Å². The smallest absolute Gasteiger partial charge is 0.261 e. The second-order valence-corrected chi connectivity index (χ2v) is 5.37. The molecule has 1 amide bonds. The molecule has 4 nitrogen and oxygen atoms in total. The van der Waals surface area contributed by atoms with Gasteiger partial charge in [-0.3, -0.25) is 4.79 Å². The summed E-state index contributed by atoms with van der Waals surface area (Å²) in [6.07, 6.45) is 2.57. The van der Waals surface area contributed by atoms with Gasteiger partial charge < -0.3 is 15.4 Å². The summed E-state index contributed by atoms with van der Waals surface area (Å²) in [4.78, 5) is 12.2. The molecular formula is C16H24N2O2. The van der Waals surface area contributed by atoms with Gasteiger partial charge in [-0.25, -0.2) is 0 Å². The number of carbonyl (C=O) groups is 1. The first-order chi connectivity index (χ1) is 9.69. The van der Waals surface area contributed by atoms with Crippen LogP contribution in [0, 0.1) is 6.92 Å². The summed E-state index contributed by atoms with van der Waals surface area (Å²) < 4.78 is 5.79. The third-order valence-corrected chi connectivity index (χ3v) is 3.62. The molecule has 0 radical (unpaired) electrons. The minimum absolute atomic E-state index is 0.0253. The zero-order valence-corrected chi connectivity index (χ0v) is 12.3. The van der Waals surface area contributed by atoms with Gasteiger partial charge in [-0.2, -0.15) is 0 Å². The maximum absolute atomic E-state index is 12.2. The van der Waals surface area contributed by atoms with Crippen molar-refractivity contribution in [2.45, 2.75) is 45.3 Å². The van der Waals surface area contributed by atoms with Gasteiger partial charge in [0.05, 0.1) is 0 Å². The van der Waals surface area contributed by atoms with Gasteiger partial charge in [-0.15, -0.1) is 0 Å². The van der Waals surface area contributed by atoms with Gasteiger partial charge in [0, 0.05) is 12.6 Å². The Labute approximate surface area is 120 Å². The Balaban J connectivity index is 1.85. The van der Waals surface area contributed by atoms with E-state index in [0.29, 0.717) is 19.0 Å². The van der Waals surface area contributed by atoms with Crippen molar-refractivity contribution in [3.63, 3.8) is 0 Å². The fourth-order valence-corrected chi connectivity index (χ4v) is 2.44. The molecule has 20 heavy (non-hydrogen) atoms. The van der Waals surface area contributed by atoms with Crippen molar-refractivity contribution in [2.24, 2.45) is 0 Å². The molecule has 1 fully saturated rings. The maximum Gasteiger partial charge on any atom is 0.261 e. The second kappa shape index (κ2) is 7.29. The number of nitrogens with one attached hydrogen (secondary N) is 2. The van der Waals surface area contributed by atoms with E-state index < -0.39 is 6.10 Å². The van der Waals surface area contributed by atoms with Gasteiger partial charge in [-0.05, 0) is 50.4 Å². The molecular weight excluding hydrogens is 252 g/mol. The largest absolute Gasteiger partial charge is 0.481 e. The predicted octanol–water partition coefficient (Wildman–Crippen LogP) is 2.02.